The summed E-state index contributed by atoms with van der Waals surface area (Å²) in [5, 5.41) is 0. The number of nitrogens with zero attached hydrogens (tertiary/aromatic N) is 1. The van der Waals surface area contributed by atoms with Crippen molar-refractivity contribution in [2.24, 2.45) is 5.41 Å². The normalized spacial score (nSPS) is 35.6. The third kappa shape index (κ3) is 1.78. The Morgan fingerprint density at radius 1 is 1.23 bits per heavy atom. The van der Waals surface area contributed by atoms with Gasteiger partial charge in [0.2, 0.25) is 0 Å². The molecule has 13 heavy (non-hydrogen) atoms. The molecular formula is C11H21BN. The molecule has 1 atom stereocenters. The third-order valence-corrected chi connectivity index (χ3v) is 3.84. The van der Waals surface area contributed by atoms with Crippen molar-refractivity contribution >= 4 is 7.28 Å². The van der Waals surface area contributed by atoms with Crippen LogP contribution in [0.1, 0.15) is 33.6 Å². The fourth-order valence-electron chi connectivity index (χ4n) is 2.80. The minimum absolute atomic E-state index is 0.381. The van der Waals surface area contributed by atoms with Crippen molar-refractivity contribution in [3.05, 3.63) is 0 Å². The highest BCUT2D eigenvalue weighted by atomic mass is 15.2. The van der Waals surface area contributed by atoms with E-state index in [1.54, 1.807) is 0 Å². The molecule has 2 heterocycles. The van der Waals surface area contributed by atoms with E-state index in [0.717, 1.165) is 0 Å². The average molecular weight is 178 g/mol. The second-order valence-electron chi connectivity index (χ2n) is 5.87. The van der Waals surface area contributed by atoms with Crippen LogP contribution >= 0.6 is 0 Å². The molecule has 1 nitrogen and oxygen atoms in total. The molecule has 73 valence electrons. The SMILES string of the molecule is CC(C)(C)N1CCC2(C[B]CC2)C1. The van der Waals surface area contributed by atoms with Gasteiger partial charge in [-0.05, 0) is 39.2 Å². The molecule has 0 aromatic heterocycles. The van der Waals surface area contributed by atoms with Gasteiger partial charge in [-0.15, -0.1) is 0 Å². The lowest BCUT2D eigenvalue weighted by atomic mass is 9.72. The maximum atomic E-state index is 2.66. The van der Waals surface area contributed by atoms with Crippen LogP contribution in [0.15, 0.2) is 0 Å². The van der Waals surface area contributed by atoms with E-state index in [9.17, 15) is 0 Å². The molecule has 0 saturated carbocycles. The first-order valence-electron chi connectivity index (χ1n) is 5.59. The molecule has 1 radical (unpaired) electrons. The standard InChI is InChI=1S/C11H21BN/c1-10(2,3)13-7-5-11(9-13)4-6-12-8-11/h4-9H2,1-3H3. The zero-order valence-electron chi connectivity index (χ0n) is 9.27. The summed E-state index contributed by atoms with van der Waals surface area (Å²) < 4.78 is 0. The van der Waals surface area contributed by atoms with Crippen LogP contribution in [0.25, 0.3) is 0 Å². The molecule has 2 aliphatic heterocycles. The molecule has 2 aliphatic rings. The zero-order valence-corrected chi connectivity index (χ0v) is 9.27. The average Bonchev–Trinajstić information content (AvgIpc) is 2.60. The van der Waals surface area contributed by atoms with Gasteiger partial charge in [-0.1, -0.05) is 19.1 Å². The zero-order chi connectivity index (χ0) is 9.53. The molecular weight excluding hydrogens is 157 g/mol. The Hall–Kier alpha value is 0.0249. The molecule has 0 aliphatic carbocycles. The highest BCUT2D eigenvalue weighted by Gasteiger charge is 2.42. The van der Waals surface area contributed by atoms with Crippen molar-refractivity contribution in [3.63, 3.8) is 0 Å². The van der Waals surface area contributed by atoms with Gasteiger partial charge < -0.3 is 0 Å². The Balaban J connectivity index is 2.01. The van der Waals surface area contributed by atoms with Crippen molar-refractivity contribution in [1.82, 2.24) is 4.90 Å². The molecule has 0 aromatic rings. The Kier molecular flexibility index (Phi) is 2.22. The van der Waals surface area contributed by atoms with Gasteiger partial charge >= 0.3 is 0 Å². The molecule has 1 unspecified atom stereocenters. The molecule has 0 amide bonds. The largest absolute Gasteiger partial charge is 0.298 e. The first kappa shape index (κ1) is 9.58. The monoisotopic (exact) mass is 178 g/mol. The van der Waals surface area contributed by atoms with Gasteiger partial charge in [0.1, 0.15) is 7.28 Å². The van der Waals surface area contributed by atoms with Crippen LogP contribution in [-0.4, -0.2) is 30.8 Å². The maximum absolute atomic E-state index is 2.66. The van der Waals surface area contributed by atoms with Crippen molar-refractivity contribution in [3.8, 4) is 0 Å². The lowest BCUT2D eigenvalue weighted by molar-refractivity contribution is 0.153. The molecule has 2 heteroatoms. The van der Waals surface area contributed by atoms with Gasteiger partial charge in [-0.2, -0.15) is 0 Å². The molecule has 2 rings (SSSR count). The van der Waals surface area contributed by atoms with Crippen LogP contribution in [0, 0.1) is 5.41 Å². The van der Waals surface area contributed by atoms with E-state index in [1.807, 2.05) is 0 Å². The predicted octanol–water partition coefficient (Wildman–Crippen LogP) is 2.42. The van der Waals surface area contributed by atoms with Crippen LogP contribution in [0.2, 0.25) is 12.6 Å². The smallest absolute Gasteiger partial charge is 0.110 e. The number of rotatable bonds is 0. The fraction of sp³-hybridized carbons (Fsp3) is 1.00. The Labute approximate surface area is 83.1 Å². The van der Waals surface area contributed by atoms with Crippen LogP contribution in [-0.2, 0) is 0 Å². The van der Waals surface area contributed by atoms with E-state index < -0.39 is 0 Å². The van der Waals surface area contributed by atoms with Gasteiger partial charge in [-0.3, -0.25) is 4.90 Å². The van der Waals surface area contributed by atoms with Crippen molar-refractivity contribution in [2.45, 2.75) is 51.8 Å². The molecule has 1 spiro atoms. The second kappa shape index (κ2) is 3.01. The highest BCUT2D eigenvalue weighted by Crippen LogP contribution is 2.45. The molecule has 0 aromatic carbocycles. The summed E-state index contributed by atoms with van der Waals surface area (Å²) in [6.45, 7) is 9.67. The summed E-state index contributed by atoms with van der Waals surface area (Å²) in [5.41, 5.74) is 1.07. The Bertz CT molecular complexity index is 189. The summed E-state index contributed by atoms with van der Waals surface area (Å²) in [4.78, 5) is 2.66. The predicted molar refractivity (Wildman–Crippen MR) is 58.4 cm³/mol. The summed E-state index contributed by atoms with van der Waals surface area (Å²) in [7, 11) is 2.49. The Morgan fingerprint density at radius 3 is 2.46 bits per heavy atom. The van der Waals surface area contributed by atoms with Crippen LogP contribution in [0.4, 0.5) is 0 Å². The minimum atomic E-state index is 0.381. The van der Waals surface area contributed by atoms with Crippen LogP contribution < -0.4 is 0 Å². The number of hydrogen-bond donors (Lipinski definition) is 0. The topological polar surface area (TPSA) is 3.24 Å². The Morgan fingerprint density at radius 2 is 2.00 bits per heavy atom. The third-order valence-electron chi connectivity index (χ3n) is 3.84. The van der Waals surface area contributed by atoms with E-state index in [1.165, 1.54) is 38.6 Å². The summed E-state index contributed by atoms with van der Waals surface area (Å²) in [6, 6.07) is 0. The van der Waals surface area contributed by atoms with Gasteiger partial charge in [0.25, 0.3) is 0 Å². The lowest BCUT2D eigenvalue weighted by Gasteiger charge is -2.33. The van der Waals surface area contributed by atoms with Crippen molar-refractivity contribution in [2.75, 3.05) is 13.1 Å². The molecule has 2 fully saturated rings. The number of likely N-dealkylation sites (tertiary alicyclic amines) is 1. The fourth-order valence-corrected chi connectivity index (χ4v) is 2.80. The summed E-state index contributed by atoms with van der Waals surface area (Å²) >= 11 is 0. The quantitative estimate of drug-likeness (QED) is 0.515. The van der Waals surface area contributed by atoms with E-state index in [-0.39, 0.29) is 0 Å². The second-order valence-corrected chi connectivity index (χ2v) is 5.87. The van der Waals surface area contributed by atoms with E-state index in [4.69, 9.17) is 0 Å². The number of hydrogen-bond acceptors (Lipinski definition) is 1. The maximum Gasteiger partial charge on any atom is 0.110 e. The molecule has 0 N–H and O–H groups in total. The van der Waals surface area contributed by atoms with Crippen molar-refractivity contribution < 1.29 is 0 Å². The van der Waals surface area contributed by atoms with Crippen LogP contribution in [0.3, 0.4) is 0 Å². The first-order chi connectivity index (χ1) is 6.02. The van der Waals surface area contributed by atoms with Gasteiger partial charge in [0.15, 0.2) is 0 Å². The van der Waals surface area contributed by atoms with E-state index in [0.29, 0.717) is 11.0 Å². The van der Waals surface area contributed by atoms with E-state index in [2.05, 4.69) is 33.0 Å². The molecule has 2 saturated heterocycles. The lowest BCUT2D eigenvalue weighted by Crippen LogP contribution is -2.40. The van der Waals surface area contributed by atoms with Crippen molar-refractivity contribution in [1.29, 1.82) is 0 Å². The van der Waals surface area contributed by atoms with Gasteiger partial charge in [0, 0.05) is 12.1 Å². The van der Waals surface area contributed by atoms with Gasteiger partial charge in [0.05, 0.1) is 0 Å². The van der Waals surface area contributed by atoms with E-state index >= 15 is 0 Å². The summed E-state index contributed by atoms with van der Waals surface area (Å²) in [5.74, 6) is 0. The minimum Gasteiger partial charge on any atom is -0.298 e. The van der Waals surface area contributed by atoms with Crippen LogP contribution in [0.5, 0.6) is 0 Å². The van der Waals surface area contributed by atoms with Gasteiger partial charge in [-0.25, -0.2) is 0 Å². The highest BCUT2D eigenvalue weighted by molar-refractivity contribution is 6.36. The summed E-state index contributed by atoms with van der Waals surface area (Å²) in [6.07, 6.45) is 5.61. The first-order valence-corrected chi connectivity index (χ1v) is 5.59. The molecule has 0 bridgehead atoms.